The van der Waals surface area contributed by atoms with Gasteiger partial charge < -0.3 is 15.0 Å². The van der Waals surface area contributed by atoms with Gasteiger partial charge >= 0.3 is 5.69 Å². The lowest BCUT2D eigenvalue weighted by atomic mass is 10.2. The number of rotatable bonds is 6. The third kappa shape index (κ3) is 4.23. The summed E-state index contributed by atoms with van der Waals surface area (Å²) in [6, 6.07) is 10.3. The van der Waals surface area contributed by atoms with Crippen LogP contribution in [0.4, 0.5) is 11.4 Å². The number of H-pyrrole nitrogens is 1. The summed E-state index contributed by atoms with van der Waals surface area (Å²) < 4.78 is 5.92. The van der Waals surface area contributed by atoms with Crippen molar-refractivity contribution in [2.45, 2.75) is 6.54 Å². The van der Waals surface area contributed by atoms with E-state index < -0.39 is 22.1 Å². The second-order valence-corrected chi connectivity index (χ2v) is 6.49. The number of methoxy groups -OCH3 is 1. The highest BCUT2D eigenvalue weighted by atomic mass is 35.5. The molecule has 154 valence electrons. The number of anilines is 1. The fourth-order valence-electron chi connectivity index (χ4n) is 2.71. The van der Waals surface area contributed by atoms with Crippen LogP contribution in [0.25, 0.3) is 0 Å². The van der Waals surface area contributed by atoms with Crippen molar-refractivity contribution < 1.29 is 14.5 Å². The highest BCUT2D eigenvalue weighted by molar-refractivity contribution is 6.31. The first-order chi connectivity index (χ1) is 14.3. The van der Waals surface area contributed by atoms with Gasteiger partial charge in [0.05, 0.1) is 24.3 Å². The average molecular weight is 431 g/mol. The lowest BCUT2D eigenvalue weighted by Gasteiger charge is -2.11. The second kappa shape index (κ2) is 8.62. The Morgan fingerprint density at radius 1 is 1.27 bits per heavy atom. The second-order valence-electron chi connectivity index (χ2n) is 6.09. The molecule has 30 heavy (non-hydrogen) atoms. The number of ether oxygens (including phenoxy) is 1. The zero-order chi connectivity index (χ0) is 21.8. The van der Waals surface area contributed by atoms with Crippen LogP contribution in [0.1, 0.15) is 15.9 Å². The number of carbonyl (C=O) groups excluding carboxylic acids is 1. The van der Waals surface area contributed by atoms with E-state index in [0.717, 1.165) is 16.8 Å². The molecular weight excluding hydrogens is 416 g/mol. The number of nitrogens with one attached hydrogen (secondary N) is 2. The van der Waals surface area contributed by atoms with Gasteiger partial charge in [0, 0.05) is 23.4 Å². The number of non-ortho nitro benzene ring substituents is 1. The van der Waals surface area contributed by atoms with E-state index in [4.69, 9.17) is 16.3 Å². The Labute approximate surface area is 173 Å². The van der Waals surface area contributed by atoms with Crippen LogP contribution < -0.4 is 21.3 Å². The summed E-state index contributed by atoms with van der Waals surface area (Å²) in [5.41, 5.74) is -1.69. The predicted molar refractivity (Wildman–Crippen MR) is 109 cm³/mol. The van der Waals surface area contributed by atoms with Crippen LogP contribution in [0.2, 0.25) is 5.02 Å². The third-order valence-electron chi connectivity index (χ3n) is 4.23. The zero-order valence-corrected chi connectivity index (χ0v) is 16.3. The van der Waals surface area contributed by atoms with Crippen molar-refractivity contribution in [2.75, 3.05) is 12.4 Å². The van der Waals surface area contributed by atoms with Gasteiger partial charge in [-0.15, -0.1) is 0 Å². The summed E-state index contributed by atoms with van der Waals surface area (Å²) in [6.45, 7) is -0.144. The minimum atomic E-state index is -0.872. The monoisotopic (exact) mass is 430 g/mol. The van der Waals surface area contributed by atoms with Gasteiger partial charge in [-0.3, -0.25) is 24.3 Å². The SMILES string of the molecule is COc1ccc([N+](=O)[O-])cc1NC(=O)c1c[nH]c(=O)n(Cc2ccccc2Cl)c1=O. The van der Waals surface area contributed by atoms with Crippen molar-refractivity contribution in [3.63, 3.8) is 0 Å². The van der Waals surface area contributed by atoms with Crippen molar-refractivity contribution in [3.8, 4) is 5.75 Å². The van der Waals surface area contributed by atoms with Crippen LogP contribution in [0.5, 0.6) is 5.75 Å². The Morgan fingerprint density at radius 2 is 2.00 bits per heavy atom. The number of hydrogen-bond acceptors (Lipinski definition) is 6. The van der Waals surface area contributed by atoms with Crippen LogP contribution in [0.15, 0.2) is 58.3 Å². The molecule has 0 aliphatic rings. The number of nitrogens with zero attached hydrogens (tertiary/aromatic N) is 2. The van der Waals surface area contributed by atoms with Gasteiger partial charge in [0.15, 0.2) is 0 Å². The van der Waals surface area contributed by atoms with Gasteiger partial charge in [-0.1, -0.05) is 29.8 Å². The van der Waals surface area contributed by atoms with Gasteiger partial charge in [0.2, 0.25) is 0 Å². The lowest BCUT2D eigenvalue weighted by molar-refractivity contribution is -0.384. The Bertz CT molecular complexity index is 1250. The molecule has 0 saturated carbocycles. The molecule has 1 amide bonds. The van der Waals surface area contributed by atoms with Crippen molar-refractivity contribution >= 4 is 28.9 Å². The Balaban J connectivity index is 1.97. The van der Waals surface area contributed by atoms with E-state index in [1.54, 1.807) is 24.3 Å². The van der Waals surface area contributed by atoms with E-state index in [0.29, 0.717) is 10.6 Å². The number of nitro groups is 1. The number of carbonyl (C=O) groups is 1. The predicted octanol–water partition coefficient (Wildman–Crippen LogP) is 2.41. The number of hydrogen-bond donors (Lipinski definition) is 2. The summed E-state index contributed by atoms with van der Waals surface area (Å²) >= 11 is 6.09. The summed E-state index contributed by atoms with van der Waals surface area (Å²) in [5.74, 6) is -0.710. The molecule has 11 heteroatoms. The number of nitro benzene ring substituents is 1. The number of aromatic nitrogens is 2. The molecule has 2 aromatic carbocycles. The highest BCUT2D eigenvalue weighted by Gasteiger charge is 2.19. The van der Waals surface area contributed by atoms with Gasteiger partial charge in [-0.2, -0.15) is 0 Å². The molecule has 0 aliphatic carbocycles. The summed E-state index contributed by atoms with van der Waals surface area (Å²) in [5, 5.41) is 13.8. The molecule has 1 heterocycles. The Morgan fingerprint density at radius 3 is 2.67 bits per heavy atom. The first-order valence-electron chi connectivity index (χ1n) is 8.51. The van der Waals surface area contributed by atoms with E-state index >= 15 is 0 Å². The smallest absolute Gasteiger partial charge is 0.328 e. The highest BCUT2D eigenvalue weighted by Crippen LogP contribution is 2.29. The molecule has 0 saturated heterocycles. The largest absolute Gasteiger partial charge is 0.495 e. The van der Waals surface area contributed by atoms with E-state index in [9.17, 15) is 24.5 Å². The molecule has 0 radical (unpaired) electrons. The number of amides is 1. The molecule has 0 bridgehead atoms. The number of benzene rings is 2. The molecule has 3 rings (SSSR count). The lowest BCUT2D eigenvalue weighted by Crippen LogP contribution is -2.39. The fourth-order valence-corrected chi connectivity index (χ4v) is 2.91. The van der Waals surface area contributed by atoms with Crippen LogP contribution in [-0.4, -0.2) is 27.5 Å². The molecule has 0 fully saturated rings. The van der Waals surface area contributed by atoms with E-state index in [2.05, 4.69) is 10.3 Å². The topological polar surface area (TPSA) is 136 Å². The normalized spacial score (nSPS) is 10.5. The van der Waals surface area contributed by atoms with Gasteiger partial charge in [0.1, 0.15) is 11.3 Å². The Hall–Kier alpha value is -3.92. The maximum absolute atomic E-state index is 12.8. The van der Waals surface area contributed by atoms with Crippen molar-refractivity contribution in [3.05, 3.63) is 95.8 Å². The van der Waals surface area contributed by atoms with Crippen molar-refractivity contribution in [1.29, 1.82) is 0 Å². The Kier molecular flexibility index (Phi) is 5.98. The van der Waals surface area contributed by atoms with E-state index in [-0.39, 0.29) is 29.2 Å². The molecule has 0 atom stereocenters. The van der Waals surface area contributed by atoms with Crippen LogP contribution in [-0.2, 0) is 6.54 Å². The standard InChI is InChI=1S/C19H15ClN4O6/c1-30-16-7-6-12(24(28)29)8-15(16)22-17(25)13-9-21-19(27)23(18(13)26)10-11-4-2-3-5-14(11)20/h2-9H,10H2,1H3,(H,21,27)(H,22,25). The van der Waals surface area contributed by atoms with Crippen LogP contribution >= 0.6 is 11.6 Å². The van der Waals surface area contributed by atoms with Gasteiger partial charge in [-0.05, 0) is 17.7 Å². The summed E-state index contributed by atoms with van der Waals surface area (Å²) in [7, 11) is 1.33. The molecule has 0 aliphatic heterocycles. The fraction of sp³-hybridized carbons (Fsp3) is 0.105. The molecule has 0 spiro atoms. The molecule has 10 nitrogen and oxygen atoms in total. The van der Waals surface area contributed by atoms with Crippen LogP contribution in [0.3, 0.4) is 0 Å². The van der Waals surface area contributed by atoms with Crippen LogP contribution in [0, 0.1) is 10.1 Å². The minimum absolute atomic E-state index is 0.0000428. The minimum Gasteiger partial charge on any atom is -0.495 e. The molecule has 1 aromatic heterocycles. The van der Waals surface area contributed by atoms with Crippen molar-refractivity contribution in [1.82, 2.24) is 9.55 Å². The maximum atomic E-state index is 12.8. The summed E-state index contributed by atoms with van der Waals surface area (Å²) in [4.78, 5) is 50.3. The maximum Gasteiger partial charge on any atom is 0.328 e. The summed E-state index contributed by atoms with van der Waals surface area (Å²) in [6.07, 6.45) is 0.979. The third-order valence-corrected chi connectivity index (χ3v) is 4.60. The average Bonchev–Trinajstić information content (AvgIpc) is 2.72. The number of aromatic amines is 1. The van der Waals surface area contributed by atoms with Gasteiger partial charge in [0.25, 0.3) is 17.2 Å². The zero-order valence-electron chi connectivity index (χ0n) is 15.5. The first kappa shape index (κ1) is 20.8. The molecule has 3 aromatic rings. The number of halogens is 1. The quantitative estimate of drug-likeness (QED) is 0.455. The first-order valence-corrected chi connectivity index (χ1v) is 8.89. The van der Waals surface area contributed by atoms with Crippen molar-refractivity contribution in [2.24, 2.45) is 0 Å². The molecular formula is C19H15ClN4O6. The van der Waals surface area contributed by atoms with E-state index in [1.807, 2.05) is 0 Å². The molecule has 0 unspecified atom stereocenters. The molecule has 2 N–H and O–H groups in total. The van der Waals surface area contributed by atoms with E-state index in [1.165, 1.54) is 19.2 Å². The van der Waals surface area contributed by atoms with Gasteiger partial charge in [-0.25, -0.2) is 4.79 Å².